The quantitative estimate of drug-likeness (QED) is 0.479. The van der Waals surface area contributed by atoms with Crippen molar-refractivity contribution in [1.82, 2.24) is 20.2 Å². The molecule has 39 heavy (non-hydrogen) atoms. The molecule has 0 radical (unpaired) electrons. The number of aromatic nitrogens is 2. The summed E-state index contributed by atoms with van der Waals surface area (Å²) in [6, 6.07) is 11.6. The minimum Gasteiger partial charge on any atom is -0.508 e. The third-order valence-electron chi connectivity index (χ3n) is 9.14. The normalized spacial score (nSPS) is 23.4. The largest absolute Gasteiger partial charge is 0.508 e. The molecule has 2 N–H and O–H groups in total. The van der Waals surface area contributed by atoms with Gasteiger partial charge in [-0.05, 0) is 70.1 Å². The molecule has 0 amide bonds. The van der Waals surface area contributed by atoms with Gasteiger partial charge in [-0.1, -0.05) is 18.2 Å². The number of ether oxygens (including phenoxy) is 1. The summed E-state index contributed by atoms with van der Waals surface area (Å²) in [6.07, 6.45) is 5.74. The fourth-order valence-corrected chi connectivity index (χ4v) is 7.13. The number of phenols is 1. The Hall–Kier alpha value is -3.10. The summed E-state index contributed by atoms with van der Waals surface area (Å²) in [6.45, 7) is 7.36. The molecule has 8 heteroatoms. The van der Waals surface area contributed by atoms with E-state index in [-0.39, 0.29) is 5.41 Å². The van der Waals surface area contributed by atoms with Crippen molar-refractivity contribution in [2.75, 3.05) is 56.7 Å². The number of phenolic OH excluding ortho intramolecular Hbond substituents is 1. The maximum Gasteiger partial charge on any atom is 0.318 e. The molecule has 4 aliphatic rings. The van der Waals surface area contributed by atoms with Crippen LogP contribution in [-0.4, -0.2) is 78.9 Å². The van der Waals surface area contributed by atoms with Crippen LogP contribution in [0.3, 0.4) is 0 Å². The average Bonchev–Trinajstić information content (AvgIpc) is 3.59. The second-order valence-corrected chi connectivity index (χ2v) is 12.6. The van der Waals surface area contributed by atoms with Crippen LogP contribution in [0.15, 0.2) is 30.3 Å². The molecule has 1 aromatic heterocycles. The Morgan fingerprint density at radius 3 is 2.64 bits per heavy atom. The molecule has 3 aliphatic heterocycles. The Bertz CT molecular complexity index is 1390. The van der Waals surface area contributed by atoms with Gasteiger partial charge in [0.2, 0.25) is 0 Å². The maximum absolute atomic E-state index is 10.6. The Morgan fingerprint density at radius 1 is 1.10 bits per heavy atom. The summed E-state index contributed by atoms with van der Waals surface area (Å²) in [5.74, 6) is 1.37. The first kappa shape index (κ1) is 24.9. The van der Waals surface area contributed by atoms with E-state index < -0.39 is 0 Å². The number of nitrogens with zero attached hydrogens (tertiary/aromatic N) is 5. The number of benzene rings is 2. The zero-order chi connectivity index (χ0) is 26.7. The third-order valence-corrected chi connectivity index (χ3v) is 9.14. The lowest BCUT2D eigenvalue weighted by Crippen LogP contribution is -2.52. The third kappa shape index (κ3) is 4.78. The zero-order valence-electron chi connectivity index (χ0n) is 23.4. The first-order chi connectivity index (χ1) is 18.9. The van der Waals surface area contributed by atoms with Crippen LogP contribution >= 0.6 is 0 Å². The lowest BCUT2D eigenvalue weighted by molar-refractivity contribution is 0.182. The molecular formula is C31H40N6O2. The van der Waals surface area contributed by atoms with E-state index in [1.165, 1.54) is 42.2 Å². The smallest absolute Gasteiger partial charge is 0.318 e. The molecule has 2 unspecified atom stereocenters. The molecule has 1 aliphatic carbocycles. The number of hydrogen-bond donors (Lipinski definition) is 2. The van der Waals surface area contributed by atoms with E-state index in [0.29, 0.717) is 37.0 Å². The van der Waals surface area contributed by atoms with E-state index in [0.717, 1.165) is 55.2 Å². The van der Waals surface area contributed by atoms with Gasteiger partial charge in [-0.2, -0.15) is 9.97 Å². The molecule has 8 nitrogen and oxygen atoms in total. The highest BCUT2D eigenvalue weighted by Crippen LogP contribution is 2.46. The Labute approximate surface area is 231 Å². The molecule has 2 atom stereocenters. The van der Waals surface area contributed by atoms with Gasteiger partial charge in [0.05, 0.1) is 18.8 Å². The van der Waals surface area contributed by atoms with Gasteiger partial charge < -0.3 is 29.9 Å². The molecule has 1 saturated carbocycles. The summed E-state index contributed by atoms with van der Waals surface area (Å²) in [5, 5.41) is 16.6. The van der Waals surface area contributed by atoms with Crippen LogP contribution in [-0.2, 0) is 13.0 Å². The highest BCUT2D eigenvalue weighted by Gasteiger charge is 2.44. The van der Waals surface area contributed by atoms with Crippen molar-refractivity contribution in [1.29, 1.82) is 0 Å². The Balaban J connectivity index is 1.24. The van der Waals surface area contributed by atoms with E-state index >= 15 is 0 Å². The highest BCUT2D eigenvalue weighted by atomic mass is 16.5. The van der Waals surface area contributed by atoms with Gasteiger partial charge in [0.15, 0.2) is 0 Å². The lowest BCUT2D eigenvalue weighted by Gasteiger charge is -2.37. The van der Waals surface area contributed by atoms with E-state index in [4.69, 9.17) is 14.7 Å². The number of piperazine rings is 1. The number of fused-ring (bicyclic) bond motifs is 4. The molecule has 2 aromatic carbocycles. The molecule has 2 saturated heterocycles. The number of nitrogens with one attached hydrogen (secondary N) is 1. The standard InChI is InChI=1S/C31H40N6O2/c1-20-5-4-6-21-13-24(38)14-27(28(20)21)36-12-9-25-26(17-36)33-30(39-19-31(10-11-31)18-35(2)3)34-29(25)37-15-22-7-8-23(16-37)32-22/h4-6,13-14,22-23,32,38H,7-12,15-19H2,1-3H3. The van der Waals surface area contributed by atoms with Crippen LogP contribution in [0.25, 0.3) is 10.8 Å². The Morgan fingerprint density at radius 2 is 1.90 bits per heavy atom. The Kier molecular flexibility index (Phi) is 6.08. The maximum atomic E-state index is 10.6. The number of aryl methyl sites for hydroxylation is 1. The van der Waals surface area contributed by atoms with Gasteiger partial charge >= 0.3 is 6.01 Å². The van der Waals surface area contributed by atoms with Crippen molar-refractivity contribution in [2.45, 2.75) is 57.7 Å². The van der Waals surface area contributed by atoms with Crippen molar-refractivity contribution in [3.8, 4) is 11.8 Å². The van der Waals surface area contributed by atoms with Gasteiger partial charge in [0.1, 0.15) is 11.6 Å². The predicted molar refractivity (Wildman–Crippen MR) is 155 cm³/mol. The molecule has 2 bridgehead atoms. The number of anilines is 2. The molecule has 4 heterocycles. The van der Waals surface area contributed by atoms with E-state index in [2.05, 4.69) is 59.2 Å². The van der Waals surface area contributed by atoms with Crippen molar-refractivity contribution in [3.05, 3.63) is 47.2 Å². The fraction of sp³-hybridized carbons (Fsp3) is 0.548. The van der Waals surface area contributed by atoms with E-state index in [1.807, 2.05) is 12.1 Å². The van der Waals surface area contributed by atoms with Crippen LogP contribution in [0, 0.1) is 12.3 Å². The van der Waals surface area contributed by atoms with Crippen LogP contribution in [0.1, 0.15) is 42.5 Å². The SMILES string of the molecule is Cc1cccc2cc(O)cc(N3CCc4c(nc(OCC5(CN(C)C)CC5)nc4N4CC5CCC(C4)N5)C3)c12. The van der Waals surface area contributed by atoms with Crippen LogP contribution < -0.4 is 19.9 Å². The van der Waals surface area contributed by atoms with Crippen molar-refractivity contribution in [2.24, 2.45) is 5.41 Å². The molecular weight excluding hydrogens is 488 g/mol. The molecule has 3 fully saturated rings. The van der Waals surface area contributed by atoms with Crippen LogP contribution in [0.4, 0.5) is 11.5 Å². The second-order valence-electron chi connectivity index (χ2n) is 12.6. The molecule has 3 aromatic rings. The molecule has 0 spiro atoms. The van der Waals surface area contributed by atoms with Gasteiger partial charge in [0, 0.05) is 66.4 Å². The summed E-state index contributed by atoms with van der Waals surface area (Å²) in [4.78, 5) is 17.2. The van der Waals surface area contributed by atoms with E-state index in [9.17, 15) is 5.11 Å². The first-order valence-electron chi connectivity index (χ1n) is 14.5. The number of rotatable bonds is 7. The van der Waals surface area contributed by atoms with Crippen molar-refractivity contribution >= 4 is 22.3 Å². The van der Waals surface area contributed by atoms with Crippen LogP contribution in [0.5, 0.6) is 11.8 Å². The summed E-state index contributed by atoms with van der Waals surface area (Å²) < 4.78 is 6.40. The summed E-state index contributed by atoms with van der Waals surface area (Å²) >= 11 is 0. The first-order valence-corrected chi connectivity index (χ1v) is 14.5. The average molecular weight is 529 g/mol. The van der Waals surface area contributed by atoms with Gasteiger partial charge in [-0.25, -0.2) is 0 Å². The number of aromatic hydroxyl groups is 1. The monoisotopic (exact) mass is 528 g/mol. The minimum atomic E-state index is 0.223. The van der Waals surface area contributed by atoms with E-state index in [1.54, 1.807) is 0 Å². The summed E-state index contributed by atoms with van der Waals surface area (Å²) in [7, 11) is 4.27. The van der Waals surface area contributed by atoms with Crippen LogP contribution in [0.2, 0.25) is 0 Å². The predicted octanol–water partition coefficient (Wildman–Crippen LogP) is 3.87. The lowest BCUT2D eigenvalue weighted by atomic mass is 9.99. The molecule has 206 valence electrons. The van der Waals surface area contributed by atoms with Gasteiger partial charge in [-0.3, -0.25) is 0 Å². The van der Waals surface area contributed by atoms with Gasteiger partial charge in [0.25, 0.3) is 0 Å². The topological polar surface area (TPSA) is 77.0 Å². The minimum absolute atomic E-state index is 0.223. The summed E-state index contributed by atoms with van der Waals surface area (Å²) in [5.41, 5.74) is 4.82. The van der Waals surface area contributed by atoms with Crippen molar-refractivity contribution in [3.63, 3.8) is 0 Å². The fourth-order valence-electron chi connectivity index (χ4n) is 7.13. The highest BCUT2D eigenvalue weighted by molar-refractivity contribution is 5.98. The zero-order valence-corrected chi connectivity index (χ0v) is 23.4. The molecule has 7 rings (SSSR count). The number of hydrogen-bond acceptors (Lipinski definition) is 8. The van der Waals surface area contributed by atoms with Gasteiger partial charge in [-0.15, -0.1) is 0 Å². The van der Waals surface area contributed by atoms with Crippen molar-refractivity contribution < 1.29 is 9.84 Å². The second kappa shape index (κ2) is 9.52.